The van der Waals surface area contributed by atoms with E-state index in [1.54, 1.807) is 12.1 Å². The number of amides is 1. The lowest BCUT2D eigenvalue weighted by atomic mass is 9.74. The van der Waals surface area contributed by atoms with Crippen molar-refractivity contribution in [3.8, 4) is 11.1 Å². The lowest BCUT2D eigenvalue weighted by Crippen LogP contribution is -2.48. The van der Waals surface area contributed by atoms with Gasteiger partial charge in [0.15, 0.2) is 0 Å². The van der Waals surface area contributed by atoms with Crippen LogP contribution < -0.4 is 5.32 Å². The van der Waals surface area contributed by atoms with Crippen molar-refractivity contribution in [2.45, 2.75) is 32.1 Å². The highest BCUT2D eigenvalue weighted by atomic mass is 19.1. The minimum atomic E-state index is -0.445. The van der Waals surface area contributed by atoms with E-state index in [4.69, 9.17) is 4.74 Å². The van der Waals surface area contributed by atoms with Gasteiger partial charge in [-0.05, 0) is 80.4 Å². The molecule has 0 spiro atoms. The molecular weight excluding hydrogens is 391 g/mol. The molecule has 0 radical (unpaired) electrons. The van der Waals surface area contributed by atoms with Crippen LogP contribution >= 0.6 is 0 Å². The van der Waals surface area contributed by atoms with Gasteiger partial charge in [0.2, 0.25) is 5.91 Å². The van der Waals surface area contributed by atoms with E-state index in [0.29, 0.717) is 25.6 Å². The van der Waals surface area contributed by atoms with Gasteiger partial charge in [-0.15, -0.1) is 0 Å². The second kappa shape index (κ2) is 9.92. The molecule has 5 heteroatoms. The smallest absolute Gasteiger partial charge is 0.226 e. The van der Waals surface area contributed by atoms with Crippen molar-refractivity contribution in [1.82, 2.24) is 10.2 Å². The molecular formula is C26H33FN2O2. The topological polar surface area (TPSA) is 41.6 Å². The van der Waals surface area contributed by atoms with Gasteiger partial charge in [0.05, 0.1) is 5.41 Å². The Balaban J connectivity index is 1.48. The van der Waals surface area contributed by atoms with E-state index in [2.05, 4.69) is 29.4 Å². The van der Waals surface area contributed by atoms with E-state index in [1.165, 1.54) is 18.9 Å². The lowest BCUT2D eigenvalue weighted by Gasteiger charge is -2.37. The van der Waals surface area contributed by atoms with Crippen LogP contribution in [0.4, 0.5) is 4.39 Å². The summed E-state index contributed by atoms with van der Waals surface area (Å²) in [5.74, 6) is 0.438. The fourth-order valence-electron chi connectivity index (χ4n) is 5.03. The number of carbonyl (C=O) groups excluding carboxylic acids is 1. The summed E-state index contributed by atoms with van der Waals surface area (Å²) in [5.41, 5.74) is 2.49. The molecule has 0 unspecified atom stereocenters. The molecule has 4 rings (SSSR count). The largest absolute Gasteiger partial charge is 0.381 e. The second-order valence-corrected chi connectivity index (χ2v) is 9.26. The van der Waals surface area contributed by atoms with Crippen LogP contribution in [0.15, 0.2) is 48.5 Å². The van der Waals surface area contributed by atoms with Crippen LogP contribution in [0.1, 0.15) is 31.2 Å². The van der Waals surface area contributed by atoms with E-state index < -0.39 is 5.41 Å². The Morgan fingerprint density at radius 3 is 2.65 bits per heavy atom. The first-order chi connectivity index (χ1) is 15.0. The Labute approximate surface area is 184 Å². The predicted octanol–water partition coefficient (Wildman–Crippen LogP) is 4.29. The molecule has 2 heterocycles. The number of benzene rings is 2. The third kappa shape index (κ3) is 5.52. The summed E-state index contributed by atoms with van der Waals surface area (Å²) in [7, 11) is 2.15. The summed E-state index contributed by atoms with van der Waals surface area (Å²) < 4.78 is 19.3. The first-order valence-corrected chi connectivity index (χ1v) is 11.4. The van der Waals surface area contributed by atoms with Crippen molar-refractivity contribution < 1.29 is 13.9 Å². The maximum absolute atomic E-state index is 13.7. The van der Waals surface area contributed by atoms with Gasteiger partial charge in [-0.3, -0.25) is 4.79 Å². The van der Waals surface area contributed by atoms with Gasteiger partial charge in [0.1, 0.15) is 5.82 Å². The molecule has 166 valence electrons. The summed E-state index contributed by atoms with van der Waals surface area (Å²) in [4.78, 5) is 15.8. The number of hydrogen-bond acceptors (Lipinski definition) is 3. The van der Waals surface area contributed by atoms with E-state index >= 15 is 0 Å². The van der Waals surface area contributed by atoms with E-state index in [-0.39, 0.29) is 11.7 Å². The Morgan fingerprint density at radius 2 is 1.90 bits per heavy atom. The third-order valence-corrected chi connectivity index (χ3v) is 6.83. The molecule has 4 nitrogen and oxygen atoms in total. The molecule has 2 fully saturated rings. The number of nitrogens with one attached hydrogen (secondary N) is 1. The maximum Gasteiger partial charge on any atom is 0.226 e. The van der Waals surface area contributed by atoms with Crippen molar-refractivity contribution >= 4 is 5.91 Å². The number of halogens is 1. The molecule has 0 aromatic heterocycles. The van der Waals surface area contributed by atoms with Crippen LogP contribution in [0.5, 0.6) is 0 Å². The van der Waals surface area contributed by atoms with Gasteiger partial charge >= 0.3 is 0 Å². The second-order valence-electron chi connectivity index (χ2n) is 9.26. The average molecular weight is 425 g/mol. The van der Waals surface area contributed by atoms with Crippen LogP contribution in [0.25, 0.3) is 11.1 Å². The molecule has 2 saturated heterocycles. The fraction of sp³-hybridized carbons (Fsp3) is 0.500. The van der Waals surface area contributed by atoms with Gasteiger partial charge < -0.3 is 15.0 Å². The van der Waals surface area contributed by atoms with E-state index in [9.17, 15) is 9.18 Å². The van der Waals surface area contributed by atoms with Crippen molar-refractivity contribution in [3.63, 3.8) is 0 Å². The number of nitrogens with zero attached hydrogens (tertiary/aromatic N) is 1. The minimum Gasteiger partial charge on any atom is -0.381 e. The van der Waals surface area contributed by atoms with E-state index in [1.807, 2.05) is 18.2 Å². The zero-order valence-electron chi connectivity index (χ0n) is 18.4. The van der Waals surface area contributed by atoms with Crippen molar-refractivity contribution in [2.24, 2.45) is 11.3 Å². The Hall–Kier alpha value is -2.24. The molecule has 0 saturated carbocycles. The van der Waals surface area contributed by atoms with Gasteiger partial charge in [0.25, 0.3) is 0 Å². The van der Waals surface area contributed by atoms with Gasteiger partial charge in [-0.2, -0.15) is 0 Å². The molecule has 1 atom stereocenters. The van der Waals surface area contributed by atoms with Crippen LogP contribution in [0, 0.1) is 17.2 Å². The Morgan fingerprint density at radius 1 is 1.16 bits per heavy atom. The highest BCUT2D eigenvalue weighted by Crippen LogP contribution is 2.36. The molecule has 0 bridgehead atoms. The zero-order chi connectivity index (χ0) is 21.7. The van der Waals surface area contributed by atoms with Crippen LogP contribution in [-0.2, 0) is 16.0 Å². The number of carbonyl (C=O) groups is 1. The summed E-state index contributed by atoms with van der Waals surface area (Å²) in [6.45, 7) is 4.17. The summed E-state index contributed by atoms with van der Waals surface area (Å²) in [5, 5.41) is 3.29. The Bertz CT molecular complexity index is 894. The number of likely N-dealkylation sites (tertiary alicyclic amines) is 1. The predicted molar refractivity (Wildman–Crippen MR) is 121 cm³/mol. The highest BCUT2D eigenvalue weighted by molar-refractivity contribution is 5.83. The Kier molecular flexibility index (Phi) is 7.03. The average Bonchev–Trinajstić information content (AvgIpc) is 2.78. The third-order valence-electron chi connectivity index (χ3n) is 6.83. The van der Waals surface area contributed by atoms with Crippen LogP contribution in [0.2, 0.25) is 0 Å². The first-order valence-electron chi connectivity index (χ1n) is 11.4. The summed E-state index contributed by atoms with van der Waals surface area (Å²) in [6, 6.07) is 14.8. The summed E-state index contributed by atoms with van der Waals surface area (Å²) >= 11 is 0. The number of ether oxygens (including phenoxy) is 1. The molecule has 2 aliphatic heterocycles. The highest BCUT2D eigenvalue weighted by Gasteiger charge is 2.40. The molecule has 1 amide bonds. The van der Waals surface area contributed by atoms with E-state index in [0.717, 1.165) is 49.2 Å². The number of rotatable bonds is 6. The summed E-state index contributed by atoms with van der Waals surface area (Å²) in [6.07, 6.45) is 4.51. The normalized spacial score (nSPS) is 21.5. The minimum absolute atomic E-state index is 0.153. The first kappa shape index (κ1) is 22.0. The fourth-order valence-corrected chi connectivity index (χ4v) is 5.03. The number of piperidine rings is 1. The standard InChI is InChI=1S/C26H33FN2O2/c1-29-12-4-6-21(19-29)18-28-25(30)26(10-13-31-14-11-26)17-20-5-2-7-22(15-20)23-8-3-9-24(27)16-23/h2-3,5,7-9,15-16,21H,4,6,10-14,17-19H2,1H3,(H,28,30)/t21-/m0/s1. The van der Waals surface area contributed by atoms with Gasteiger partial charge in [0, 0.05) is 26.3 Å². The number of hydrogen-bond donors (Lipinski definition) is 1. The van der Waals surface area contributed by atoms with Gasteiger partial charge in [-0.1, -0.05) is 36.4 Å². The van der Waals surface area contributed by atoms with Crippen LogP contribution in [0.3, 0.4) is 0 Å². The van der Waals surface area contributed by atoms with Crippen molar-refractivity contribution in [1.29, 1.82) is 0 Å². The monoisotopic (exact) mass is 424 g/mol. The van der Waals surface area contributed by atoms with Crippen molar-refractivity contribution in [3.05, 3.63) is 59.9 Å². The van der Waals surface area contributed by atoms with Crippen molar-refractivity contribution in [2.75, 3.05) is 39.9 Å². The maximum atomic E-state index is 13.7. The molecule has 2 aliphatic rings. The van der Waals surface area contributed by atoms with Crippen LogP contribution in [-0.4, -0.2) is 50.7 Å². The quantitative estimate of drug-likeness (QED) is 0.752. The zero-order valence-corrected chi connectivity index (χ0v) is 18.4. The molecule has 2 aromatic rings. The molecule has 0 aliphatic carbocycles. The molecule has 1 N–H and O–H groups in total. The van der Waals surface area contributed by atoms with Gasteiger partial charge in [-0.25, -0.2) is 4.39 Å². The molecule has 31 heavy (non-hydrogen) atoms. The molecule has 2 aromatic carbocycles. The SMILES string of the molecule is CN1CCC[C@@H](CNC(=O)C2(Cc3cccc(-c4cccc(F)c4)c3)CCOCC2)C1. The lowest BCUT2D eigenvalue weighted by molar-refractivity contribution is -0.137.